The van der Waals surface area contributed by atoms with Gasteiger partial charge in [-0.25, -0.2) is 18.9 Å². The van der Waals surface area contributed by atoms with Gasteiger partial charge in [0.25, 0.3) is 0 Å². The fourth-order valence-electron chi connectivity index (χ4n) is 3.56. The second-order valence-electron chi connectivity index (χ2n) is 6.79. The monoisotopic (exact) mass is 336 g/mol. The Hall–Kier alpha value is -2.83. The average molecular weight is 336 g/mol. The predicted molar refractivity (Wildman–Crippen MR) is 90.2 cm³/mol. The van der Waals surface area contributed by atoms with Gasteiger partial charge in [-0.05, 0) is 33.3 Å². The summed E-state index contributed by atoms with van der Waals surface area (Å²) in [6.07, 6.45) is 4.51. The standard InChI is InChI=1S/C18H17FN6/c1-9-8-20-10(2)18-22-17(23-25(9)18)14-7-13(14)16-11(3)24-5-4-12(19)6-15(24)21-16/h4-6,8,13-14H,7H2,1-3H3/t13?,14-/m1/s1. The summed E-state index contributed by atoms with van der Waals surface area (Å²) >= 11 is 0. The molecule has 6 nitrogen and oxygen atoms in total. The number of aromatic nitrogens is 6. The van der Waals surface area contributed by atoms with E-state index in [9.17, 15) is 4.39 Å². The molecule has 1 fully saturated rings. The van der Waals surface area contributed by atoms with Gasteiger partial charge in [0.15, 0.2) is 11.5 Å². The highest BCUT2D eigenvalue weighted by Gasteiger charge is 2.45. The normalized spacial score (nSPS) is 19.8. The summed E-state index contributed by atoms with van der Waals surface area (Å²) in [6.45, 7) is 5.94. The van der Waals surface area contributed by atoms with E-state index >= 15 is 0 Å². The fourth-order valence-corrected chi connectivity index (χ4v) is 3.56. The van der Waals surface area contributed by atoms with Crippen molar-refractivity contribution in [3.63, 3.8) is 0 Å². The van der Waals surface area contributed by atoms with Crippen LogP contribution in [-0.2, 0) is 0 Å². The van der Waals surface area contributed by atoms with Gasteiger partial charge in [-0.2, -0.15) is 5.10 Å². The molecule has 0 saturated heterocycles. The van der Waals surface area contributed by atoms with E-state index in [1.54, 1.807) is 6.20 Å². The van der Waals surface area contributed by atoms with E-state index in [4.69, 9.17) is 4.98 Å². The SMILES string of the molecule is Cc1ncc(C)n2nc([C@@H]3CC3c3nc4cc(F)ccn4c3C)nc12. The lowest BCUT2D eigenvalue weighted by Crippen LogP contribution is -1.97. The summed E-state index contributed by atoms with van der Waals surface area (Å²) < 4.78 is 17.2. The van der Waals surface area contributed by atoms with Gasteiger partial charge in [-0.1, -0.05) is 0 Å². The second kappa shape index (κ2) is 4.84. The van der Waals surface area contributed by atoms with E-state index in [1.165, 1.54) is 12.1 Å². The molecule has 126 valence electrons. The number of hydrogen-bond acceptors (Lipinski definition) is 4. The molecule has 0 bridgehead atoms. The lowest BCUT2D eigenvalue weighted by Gasteiger charge is -1.98. The van der Waals surface area contributed by atoms with Crippen LogP contribution in [0.2, 0.25) is 0 Å². The maximum Gasteiger partial charge on any atom is 0.177 e. The fraction of sp³-hybridized carbons (Fsp3) is 0.333. The lowest BCUT2D eigenvalue weighted by molar-refractivity contribution is 0.626. The van der Waals surface area contributed by atoms with Crippen LogP contribution in [0.5, 0.6) is 0 Å². The van der Waals surface area contributed by atoms with E-state index < -0.39 is 0 Å². The largest absolute Gasteiger partial charge is 0.304 e. The molecule has 5 rings (SSSR count). The van der Waals surface area contributed by atoms with Crippen LogP contribution in [0.15, 0.2) is 24.5 Å². The van der Waals surface area contributed by atoms with Crippen molar-refractivity contribution in [2.75, 3.05) is 0 Å². The van der Waals surface area contributed by atoms with Crippen molar-refractivity contribution in [1.29, 1.82) is 0 Å². The highest BCUT2D eigenvalue weighted by atomic mass is 19.1. The maximum absolute atomic E-state index is 13.4. The zero-order chi connectivity index (χ0) is 17.3. The molecule has 0 spiro atoms. The molecular formula is C18H17FN6. The number of hydrogen-bond donors (Lipinski definition) is 0. The van der Waals surface area contributed by atoms with Gasteiger partial charge in [-0.3, -0.25) is 4.98 Å². The molecule has 7 heteroatoms. The predicted octanol–water partition coefficient (Wildman–Crippen LogP) is 3.11. The first kappa shape index (κ1) is 14.5. The minimum Gasteiger partial charge on any atom is -0.304 e. The van der Waals surface area contributed by atoms with Gasteiger partial charge >= 0.3 is 0 Å². The zero-order valence-electron chi connectivity index (χ0n) is 14.2. The second-order valence-corrected chi connectivity index (χ2v) is 6.79. The molecule has 1 saturated carbocycles. The molecule has 4 aromatic heterocycles. The van der Waals surface area contributed by atoms with Gasteiger partial charge in [0.05, 0.1) is 17.1 Å². The number of pyridine rings is 1. The van der Waals surface area contributed by atoms with Gasteiger partial charge in [0.2, 0.25) is 0 Å². The summed E-state index contributed by atoms with van der Waals surface area (Å²) in [5.41, 5.74) is 5.38. The van der Waals surface area contributed by atoms with Crippen LogP contribution in [0.25, 0.3) is 11.3 Å². The molecule has 0 N–H and O–H groups in total. The zero-order valence-corrected chi connectivity index (χ0v) is 14.2. The number of nitrogens with zero attached hydrogens (tertiary/aromatic N) is 6. The highest BCUT2D eigenvalue weighted by Crippen LogP contribution is 2.54. The third kappa shape index (κ3) is 2.08. The van der Waals surface area contributed by atoms with E-state index in [-0.39, 0.29) is 17.7 Å². The number of imidazole rings is 1. The smallest absolute Gasteiger partial charge is 0.177 e. The van der Waals surface area contributed by atoms with Crippen LogP contribution in [-0.4, -0.2) is 29.0 Å². The summed E-state index contributed by atoms with van der Waals surface area (Å²) in [5, 5.41) is 4.68. The lowest BCUT2D eigenvalue weighted by atomic mass is 10.2. The Kier molecular flexibility index (Phi) is 2.81. The third-order valence-electron chi connectivity index (χ3n) is 5.06. The quantitative estimate of drug-likeness (QED) is 0.564. The molecule has 2 atom stereocenters. The Morgan fingerprint density at radius 3 is 2.80 bits per heavy atom. The Labute approximate surface area is 143 Å². The molecule has 4 aromatic rings. The van der Waals surface area contributed by atoms with Crippen molar-refractivity contribution in [1.82, 2.24) is 29.0 Å². The molecule has 0 amide bonds. The number of aryl methyl sites for hydroxylation is 3. The molecule has 1 aliphatic carbocycles. The molecule has 0 aromatic carbocycles. The molecule has 1 aliphatic rings. The summed E-state index contributed by atoms with van der Waals surface area (Å²) in [7, 11) is 0. The first-order valence-electron chi connectivity index (χ1n) is 8.36. The highest BCUT2D eigenvalue weighted by molar-refractivity contribution is 5.48. The number of halogens is 1. The van der Waals surface area contributed by atoms with E-state index in [0.717, 1.165) is 40.7 Å². The molecule has 0 aliphatic heterocycles. The van der Waals surface area contributed by atoms with Crippen LogP contribution >= 0.6 is 0 Å². The summed E-state index contributed by atoms with van der Waals surface area (Å²) in [6, 6.07) is 2.92. The van der Waals surface area contributed by atoms with Crippen LogP contribution in [0.4, 0.5) is 4.39 Å². The van der Waals surface area contributed by atoms with Crippen LogP contribution < -0.4 is 0 Å². The van der Waals surface area contributed by atoms with Crippen LogP contribution in [0.1, 0.15) is 46.9 Å². The number of fused-ring (bicyclic) bond motifs is 2. The molecular weight excluding hydrogens is 319 g/mol. The van der Waals surface area contributed by atoms with Crippen molar-refractivity contribution in [3.8, 4) is 0 Å². The first-order valence-corrected chi connectivity index (χ1v) is 8.36. The Morgan fingerprint density at radius 2 is 2.00 bits per heavy atom. The summed E-state index contributed by atoms with van der Waals surface area (Å²) in [4.78, 5) is 13.7. The molecule has 25 heavy (non-hydrogen) atoms. The van der Waals surface area contributed by atoms with E-state index in [2.05, 4.69) is 15.1 Å². The topological polar surface area (TPSA) is 60.4 Å². The third-order valence-corrected chi connectivity index (χ3v) is 5.06. The van der Waals surface area contributed by atoms with Crippen LogP contribution in [0.3, 0.4) is 0 Å². The van der Waals surface area contributed by atoms with Crippen LogP contribution in [0, 0.1) is 26.6 Å². The van der Waals surface area contributed by atoms with Gasteiger partial charge < -0.3 is 4.40 Å². The number of rotatable bonds is 2. The maximum atomic E-state index is 13.4. The van der Waals surface area contributed by atoms with Gasteiger partial charge in [-0.15, -0.1) is 0 Å². The van der Waals surface area contributed by atoms with Gasteiger partial charge in [0.1, 0.15) is 11.5 Å². The average Bonchev–Trinajstić information content (AvgIpc) is 3.12. The van der Waals surface area contributed by atoms with E-state index in [0.29, 0.717) is 5.65 Å². The molecule has 4 heterocycles. The molecule has 0 radical (unpaired) electrons. The van der Waals surface area contributed by atoms with Crippen molar-refractivity contribution >= 4 is 11.3 Å². The van der Waals surface area contributed by atoms with E-state index in [1.807, 2.05) is 35.9 Å². The van der Waals surface area contributed by atoms with Gasteiger partial charge in [0, 0.05) is 36.0 Å². The molecule has 1 unspecified atom stereocenters. The Bertz CT molecular complexity index is 1100. The summed E-state index contributed by atoms with van der Waals surface area (Å²) in [5.74, 6) is 1.12. The first-order chi connectivity index (χ1) is 12.0. The Balaban J connectivity index is 1.54. The van der Waals surface area contributed by atoms with Crippen molar-refractivity contribution in [3.05, 3.63) is 58.9 Å². The van der Waals surface area contributed by atoms with Crippen molar-refractivity contribution in [2.24, 2.45) is 0 Å². The minimum atomic E-state index is -0.267. The minimum absolute atomic E-state index is 0.257. The van der Waals surface area contributed by atoms with Crippen molar-refractivity contribution < 1.29 is 4.39 Å². The Morgan fingerprint density at radius 1 is 1.16 bits per heavy atom. The van der Waals surface area contributed by atoms with Crippen molar-refractivity contribution in [2.45, 2.75) is 39.0 Å².